The van der Waals surface area contributed by atoms with E-state index in [4.69, 9.17) is 11.6 Å². The number of carboxylic acids is 1. The zero-order valence-electron chi connectivity index (χ0n) is 11.0. The second kappa shape index (κ2) is 6.81. The molecule has 2 N–H and O–H groups in total. The van der Waals surface area contributed by atoms with E-state index in [1.807, 2.05) is 19.1 Å². The van der Waals surface area contributed by atoms with Gasteiger partial charge < -0.3 is 10.4 Å². The van der Waals surface area contributed by atoms with Crippen molar-refractivity contribution in [3.63, 3.8) is 0 Å². The fourth-order valence-corrected chi connectivity index (χ4v) is 3.11. The Kier molecular flexibility index (Phi) is 5.30. The molecule has 0 amide bonds. The summed E-state index contributed by atoms with van der Waals surface area (Å²) in [6.45, 7) is 1.95. The maximum absolute atomic E-state index is 11.6. The third kappa shape index (κ3) is 3.99. The molecule has 21 heavy (non-hydrogen) atoms. The number of carbonyl (C=O) groups is 1. The van der Waals surface area contributed by atoms with Gasteiger partial charge >= 0.3 is 5.97 Å². The fourth-order valence-electron chi connectivity index (χ4n) is 1.89. The molecule has 2 aromatic carbocycles. The van der Waals surface area contributed by atoms with Crippen LogP contribution in [0.15, 0.2) is 45.3 Å². The molecule has 110 valence electrons. The van der Waals surface area contributed by atoms with Crippen LogP contribution in [0.2, 0.25) is 5.02 Å². The Morgan fingerprint density at radius 3 is 2.48 bits per heavy atom. The van der Waals surface area contributed by atoms with Gasteiger partial charge in [0.15, 0.2) is 6.04 Å². The molecule has 0 saturated carbocycles. The Morgan fingerprint density at radius 2 is 1.90 bits per heavy atom. The van der Waals surface area contributed by atoms with Crippen molar-refractivity contribution in [3.8, 4) is 0 Å². The van der Waals surface area contributed by atoms with Crippen LogP contribution in [0.5, 0.6) is 0 Å². The molecule has 1 unspecified atom stereocenters. The molecule has 0 fully saturated rings. The number of aliphatic carboxylic acids is 1. The van der Waals surface area contributed by atoms with Gasteiger partial charge in [0.25, 0.3) is 0 Å². The van der Waals surface area contributed by atoms with E-state index in [-0.39, 0.29) is 0 Å². The van der Waals surface area contributed by atoms with Gasteiger partial charge in [0, 0.05) is 14.6 Å². The summed E-state index contributed by atoms with van der Waals surface area (Å²) in [5, 5.41) is 13.1. The number of anilines is 1. The summed E-state index contributed by atoms with van der Waals surface area (Å²) in [7, 11) is 0. The minimum atomic E-state index is -0.953. The molecule has 0 aliphatic rings. The van der Waals surface area contributed by atoms with Gasteiger partial charge in [-0.25, -0.2) is 4.79 Å². The van der Waals surface area contributed by atoms with Crippen molar-refractivity contribution in [2.75, 3.05) is 5.32 Å². The predicted octanol–water partition coefficient (Wildman–Crippen LogP) is 5.41. The summed E-state index contributed by atoms with van der Waals surface area (Å²) in [5.41, 5.74) is 2.40. The summed E-state index contributed by atoms with van der Waals surface area (Å²) in [5.74, 6) is -0.953. The second-order valence-corrected chi connectivity index (χ2v) is 6.69. The molecule has 1 atom stereocenters. The highest BCUT2D eigenvalue weighted by atomic mass is 79.9. The topological polar surface area (TPSA) is 49.3 Å². The van der Waals surface area contributed by atoms with Crippen LogP contribution in [0.4, 0.5) is 5.69 Å². The van der Waals surface area contributed by atoms with Crippen LogP contribution in [0.25, 0.3) is 0 Å². The van der Waals surface area contributed by atoms with Gasteiger partial charge in [-0.2, -0.15) is 0 Å². The summed E-state index contributed by atoms with van der Waals surface area (Å²) in [6, 6.07) is 9.92. The number of halogens is 3. The predicted molar refractivity (Wildman–Crippen MR) is 92.0 cm³/mol. The first-order chi connectivity index (χ1) is 9.88. The molecule has 0 saturated heterocycles. The summed E-state index contributed by atoms with van der Waals surface area (Å²) in [6.07, 6.45) is 0. The quantitative estimate of drug-likeness (QED) is 0.678. The first-order valence-corrected chi connectivity index (χ1v) is 8.05. The molecule has 6 heteroatoms. The lowest BCUT2D eigenvalue weighted by molar-refractivity contribution is -0.138. The minimum absolute atomic E-state index is 0.573. The van der Waals surface area contributed by atoms with Gasteiger partial charge in [-0.3, -0.25) is 0 Å². The van der Waals surface area contributed by atoms with Crippen molar-refractivity contribution in [1.29, 1.82) is 0 Å². The molecular weight excluding hydrogens is 421 g/mol. The SMILES string of the molecule is Cc1ccc(C(Nc2ccc(Cl)c(Br)c2)C(=O)O)c(Br)c1. The van der Waals surface area contributed by atoms with Crippen LogP contribution in [0.1, 0.15) is 17.2 Å². The average molecular weight is 434 g/mol. The normalized spacial score (nSPS) is 12.0. The highest BCUT2D eigenvalue weighted by Gasteiger charge is 2.22. The van der Waals surface area contributed by atoms with Crippen LogP contribution in [0, 0.1) is 6.92 Å². The monoisotopic (exact) mass is 431 g/mol. The summed E-state index contributed by atoms with van der Waals surface area (Å²) in [4.78, 5) is 11.6. The Bertz CT molecular complexity index is 691. The lowest BCUT2D eigenvalue weighted by atomic mass is 10.0. The molecule has 0 bridgehead atoms. The van der Waals surface area contributed by atoms with Crippen molar-refractivity contribution >= 4 is 55.1 Å². The third-order valence-corrected chi connectivity index (χ3v) is 4.85. The number of hydrogen-bond donors (Lipinski definition) is 2. The number of benzene rings is 2. The number of aryl methyl sites for hydroxylation is 1. The van der Waals surface area contributed by atoms with Gasteiger partial charge in [0.2, 0.25) is 0 Å². The van der Waals surface area contributed by atoms with Crippen molar-refractivity contribution in [1.82, 2.24) is 0 Å². The zero-order valence-corrected chi connectivity index (χ0v) is 15.0. The largest absolute Gasteiger partial charge is 0.479 e. The van der Waals surface area contributed by atoms with Gasteiger partial charge in [-0.1, -0.05) is 39.7 Å². The molecule has 0 aliphatic carbocycles. The van der Waals surface area contributed by atoms with E-state index < -0.39 is 12.0 Å². The maximum atomic E-state index is 11.6. The van der Waals surface area contributed by atoms with E-state index in [0.29, 0.717) is 20.7 Å². The lowest BCUT2D eigenvalue weighted by Crippen LogP contribution is -2.21. The zero-order chi connectivity index (χ0) is 15.6. The molecule has 2 rings (SSSR count). The van der Waals surface area contributed by atoms with Gasteiger partial charge in [0.1, 0.15) is 0 Å². The number of carboxylic acid groups (broad SMARTS) is 1. The van der Waals surface area contributed by atoms with E-state index in [2.05, 4.69) is 37.2 Å². The Balaban J connectivity index is 2.35. The molecule has 0 heterocycles. The van der Waals surface area contributed by atoms with Crippen LogP contribution < -0.4 is 5.32 Å². The van der Waals surface area contributed by atoms with Crippen LogP contribution in [0.3, 0.4) is 0 Å². The smallest absolute Gasteiger partial charge is 0.330 e. The van der Waals surface area contributed by atoms with Crippen molar-refractivity contribution in [3.05, 3.63) is 61.5 Å². The Hall–Kier alpha value is -1.04. The van der Waals surface area contributed by atoms with Crippen molar-refractivity contribution in [2.24, 2.45) is 0 Å². The van der Waals surface area contributed by atoms with Gasteiger partial charge in [0.05, 0.1) is 5.02 Å². The average Bonchev–Trinajstić information content (AvgIpc) is 2.40. The Labute approximate surface area is 144 Å². The van der Waals surface area contributed by atoms with E-state index in [0.717, 1.165) is 10.0 Å². The highest BCUT2D eigenvalue weighted by molar-refractivity contribution is 9.10. The Morgan fingerprint density at radius 1 is 1.19 bits per heavy atom. The fraction of sp³-hybridized carbons (Fsp3) is 0.133. The molecule has 0 spiro atoms. The molecule has 0 aliphatic heterocycles. The second-order valence-electron chi connectivity index (χ2n) is 4.57. The number of rotatable bonds is 4. The summed E-state index contributed by atoms with van der Waals surface area (Å²) >= 11 is 12.7. The van der Waals surface area contributed by atoms with Crippen LogP contribution in [-0.2, 0) is 4.79 Å². The van der Waals surface area contributed by atoms with Crippen LogP contribution in [-0.4, -0.2) is 11.1 Å². The first-order valence-electron chi connectivity index (χ1n) is 6.09. The van der Waals surface area contributed by atoms with Crippen molar-refractivity contribution in [2.45, 2.75) is 13.0 Å². The maximum Gasteiger partial charge on any atom is 0.330 e. The lowest BCUT2D eigenvalue weighted by Gasteiger charge is -2.18. The van der Waals surface area contributed by atoms with Gasteiger partial charge in [-0.15, -0.1) is 0 Å². The molecule has 0 aromatic heterocycles. The van der Waals surface area contributed by atoms with E-state index >= 15 is 0 Å². The number of nitrogens with one attached hydrogen (secondary N) is 1. The summed E-state index contributed by atoms with van der Waals surface area (Å²) < 4.78 is 1.47. The molecule has 3 nitrogen and oxygen atoms in total. The van der Waals surface area contributed by atoms with E-state index in [9.17, 15) is 9.90 Å². The molecule has 0 radical (unpaired) electrons. The van der Waals surface area contributed by atoms with E-state index in [1.165, 1.54) is 0 Å². The molecule has 2 aromatic rings. The van der Waals surface area contributed by atoms with Crippen molar-refractivity contribution < 1.29 is 9.90 Å². The van der Waals surface area contributed by atoms with Gasteiger partial charge in [-0.05, 0) is 58.2 Å². The standard InChI is InChI=1S/C15H12Br2ClNO2/c1-8-2-4-10(11(16)6-8)14(15(20)21)19-9-3-5-13(18)12(17)7-9/h2-7,14,19H,1H3,(H,20,21). The highest BCUT2D eigenvalue weighted by Crippen LogP contribution is 2.30. The van der Waals surface area contributed by atoms with Crippen LogP contribution >= 0.6 is 43.5 Å². The molecular formula is C15H12Br2ClNO2. The third-order valence-electron chi connectivity index (χ3n) is 2.94. The minimum Gasteiger partial charge on any atom is -0.479 e. The van der Waals surface area contributed by atoms with E-state index in [1.54, 1.807) is 24.3 Å². The first kappa shape index (κ1) is 16.3. The number of hydrogen-bond acceptors (Lipinski definition) is 2.